The standard InChI is InChI=1S/C18H18O4/c1-12(2)9-22-18(19)15-4-3-14-8-16(6-5-13(14)7-15)20-10-17-11-21-17/h3-8,17H,1,9-11H2,2H3. The first-order valence-corrected chi connectivity index (χ1v) is 7.21. The van der Waals surface area contributed by atoms with Gasteiger partial charge >= 0.3 is 5.97 Å². The molecule has 0 saturated carbocycles. The van der Waals surface area contributed by atoms with Gasteiger partial charge in [-0.1, -0.05) is 18.7 Å². The molecule has 0 spiro atoms. The van der Waals surface area contributed by atoms with Gasteiger partial charge in [0.25, 0.3) is 0 Å². The lowest BCUT2D eigenvalue weighted by Crippen LogP contribution is -2.06. The van der Waals surface area contributed by atoms with E-state index in [1.165, 1.54) is 0 Å². The minimum absolute atomic E-state index is 0.237. The minimum atomic E-state index is -0.337. The van der Waals surface area contributed by atoms with Gasteiger partial charge in [-0.05, 0) is 47.5 Å². The maximum atomic E-state index is 11.9. The van der Waals surface area contributed by atoms with Crippen LogP contribution in [0.2, 0.25) is 0 Å². The van der Waals surface area contributed by atoms with Gasteiger partial charge in [0.05, 0.1) is 12.2 Å². The number of ether oxygens (including phenoxy) is 3. The van der Waals surface area contributed by atoms with Crippen LogP contribution in [0.15, 0.2) is 48.6 Å². The van der Waals surface area contributed by atoms with Crippen LogP contribution in [0.1, 0.15) is 17.3 Å². The predicted molar refractivity (Wildman–Crippen MR) is 84.3 cm³/mol. The number of hydrogen-bond donors (Lipinski definition) is 0. The summed E-state index contributed by atoms with van der Waals surface area (Å²) < 4.78 is 15.9. The molecular weight excluding hydrogens is 280 g/mol. The Hall–Kier alpha value is -2.33. The van der Waals surface area contributed by atoms with E-state index in [2.05, 4.69) is 6.58 Å². The smallest absolute Gasteiger partial charge is 0.338 e. The van der Waals surface area contributed by atoms with Crippen molar-refractivity contribution in [3.63, 3.8) is 0 Å². The lowest BCUT2D eigenvalue weighted by Gasteiger charge is -2.08. The van der Waals surface area contributed by atoms with Crippen LogP contribution in [-0.2, 0) is 9.47 Å². The molecule has 0 aromatic heterocycles. The Kier molecular flexibility index (Phi) is 4.11. The molecular formula is C18H18O4. The van der Waals surface area contributed by atoms with Gasteiger partial charge in [-0.3, -0.25) is 0 Å². The second kappa shape index (κ2) is 6.20. The number of rotatable bonds is 6. The molecule has 2 aromatic rings. The molecule has 1 aliphatic rings. The van der Waals surface area contributed by atoms with Crippen LogP contribution < -0.4 is 4.74 Å². The highest BCUT2D eigenvalue weighted by atomic mass is 16.6. The maximum absolute atomic E-state index is 11.9. The van der Waals surface area contributed by atoms with Crippen molar-refractivity contribution in [1.82, 2.24) is 0 Å². The van der Waals surface area contributed by atoms with Crippen LogP contribution in [0.5, 0.6) is 5.75 Å². The monoisotopic (exact) mass is 298 g/mol. The molecule has 0 N–H and O–H groups in total. The first-order chi connectivity index (χ1) is 10.6. The Balaban J connectivity index is 1.73. The lowest BCUT2D eigenvalue weighted by molar-refractivity contribution is 0.0540. The zero-order valence-corrected chi connectivity index (χ0v) is 12.5. The number of fused-ring (bicyclic) bond motifs is 1. The topological polar surface area (TPSA) is 48.1 Å². The minimum Gasteiger partial charge on any atom is -0.491 e. The summed E-state index contributed by atoms with van der Waals surface area (Å²) >= 11 is 0. The molecule has 1 unspecified atom stereocenters. The molecule has 0 amide bonds. The highest BCUT2D eigenvalue weighted by Crippen LogP contribution is 2.23. The fourth-order valence-electron chi connectivity index (χ4n) is 2.07. The third-order valence-corrected chi connectivity index (χ3v) is 3.34. The molecule has 1 atom stereocenters. The second-order valence-electron chi connectivity index (χ2n) is 5.52. The molecule has 4 nitrogen and oxygen atoms in total. The predicted octanol–water partition coefficient (Wildman–Crippen LogP) is 3.35. The van der Waals surface area contributed by atoms with E-state index in [9.17, 15) is 4.79 Å². The molecule has 22 heavy (non-hydrogen) atoms. The van der Waals surface area contributed by atoms with Gasteiger partial charge in [0.15, 0.2) is 0 Å². The van der Waals surface area contributed by atoms with Gasteiger partial charge in [0.2, 0.25) is 0 Å². The van der Waals surface area contributed by atoms with Crippen LogP contribution in [0, 0.1) is 0 Å². The molecule has 0 radical (unpaired) electrons. The van der Waals surface area contributed by atoms with Gasteiger partial charge in [-0.2, -0.15) is 0 Å². The lowest BCUT2D eigenvalue weighted by atomic mass is 10.1. The Bertz CT molecular complexity index is 716. The van der Waals surface area contributed by atoms with Crippen LogP contribution in [0.3, 0.4) is 0 Å². The van der Waals surface area contributed by atoms with Crippen LogP contribution in [-0.4, -0.2) is 31.9 Å². The summed E-state index contributed by atoms with van der Waals surface area (Å²) in [7, 11) is 0. The Morgan fingerprint density at radius 2 is 2.00 bits per heavy atom. The molecule has 1 aliphatic heterocycles. The van der Waals surface area contributed by atoms with Gasteiger partial charge < -0.3 is 14.2 Å². The fourth-order valence-corrected chi connectivity index (χ4v) is 2.07. The summed E-state index contributed by atoms with van der Waals surface area (Å²) in [5.74, 6) is 0.469. The molecule has 4 heteroatoms. The average molecular weight is 298 g/mol. The van der Waals surface area contributed by atoms with Gasteiger partial charge in [0, 0.05) is 0 Å². The first-order valence-electron chi connectivity index (χ1n) is 7.21. The maximum Gasteiger partial charge on any atom is 0.338 e. The van der Waals surface area contributed by atoms with Crippen molar-refractivity contribution in [2.45, 2.75) is 13.0 Å². The fraction of sp³-hybridized carbons (Fsp3) is 0.278. The molecule has 3 rings (SSSR count). The van der Waals surface area contributed by atoms with Crippen molar-refractivity contribution in [2.24, 2.45) is 0 Å². The van der Waals surface area contributed by atoms with Crippen molar-refractivity contribution in [3.05, 3.63) is 54.1 Å². The zero-order chi connectivity index (χ0) is 15.5. The van der Waals surface area contributed by atoms with E-state index in [-0.39, 0.29) is 18.7 Å². The summed E-state index contributed by atoms with van der Waals surface area (Å²) in [4.78, 5) is 11.9. The van der Waals surface area contributed by atoms with Crippen molar-refractivity contribution in [2.75, 3.05) is 19.8 Å². The summed E-state index contributed by atoms with van der Waals surface area (Å²) in [6.07, 6.45) is 0.237. The number of benzene rings is 2. The summed E-state index contributed by atoms with van der Waals surface area (Å²) in [6, 6.07) is 11.3. The molecule has 1 saturated heterocycles. The van der Waals surface area contributed by atoms with Crippen molar-refractivity contribution < 1.29 is 19.0 Å². The van der Waals surface area contributed by atoms with Crippen molar-refractivity contribution in [3.8, 4) is 5.75 Å². The summed E-state index contributed by atoms with van der Waals surface area (Å²) in [5, 5.41) is 1.99. The highest BCUT2D eigenvalue weighted by Gasteiger charge is 2.23. The third kappa shape index (κ3) is 3.65. The first kappa shape index (κ1) is 14.6. The van der Waals surface area contributed by atoms with Crippen LogP contribution in [0.25, 0.3) is 10.8 Å². The third-order valence-electron chi connectivity index (χ3n) is 3.34. The molecule has 2 aromatic carbocycles. The summed E-state index contributed by atoms with van der Waals surface area (Å²) in [5.41, 5.74) is 1.35. The number of epoxide rings is 1. The van der Waals surface area contributed by atoms with Crippen molar-refractivity contribution in [1.29, 1.82) is 0 Å². The van der Waals surface area contributed by atoms with Crippen LogP contribution in [0.4, 0.5) is 0 Å². The van der Waals surface area contributed by atoms with E-state index in [0.29, 0.717) is 12.2 Å². The van der Waals surface area contributed by atoms with E-state index in [0.717, 1.165) is 28.7 Å². The zero-order valence-electron chi connectivity index (χ0n) is 12.5. The van der Waals surface area contributed by atoms with Crippen LogP contribution >= 0.6 is 0 Å². The Morgan fingerprint density at radius 1 is 1.27 bits per heavy atom. The number of carbonyl (C=O) groups is 1. The normalized spacial score (nSPS) is 16.3. The van der Waals surface area contributed by atoms with Crippen molar-refractivity contribution >= 4 is 16.7 Å². The molecule has 1 fully saturated rings. The summed E-state index contributed by atoms with van der Waals surface area (Å²) in [6.45, 7) is 7.14. The van der Waals surface area contributed by atoms with Gasteiger partial charge in [0.1, 0.15) is 25.1 Å². The van der Waals surface area contributed by atoms with E-state index < -0.39 is 0 Å². The molecule has 114 valence electrons. The van der Waals surface area contributed by atoms with E-state index in [4.69, 9.17) is 14.2 Å². The average Bonchev–Trinajstić information content (AvgIpc) is 3.34. The largest absolute Gasteiger partial charge is 0.491 e. The van der Waals surface area contributed by atoms with E-state index in [1.54, 1.807) is 6.07 Å². The quantitative estimate of drug-likeness (QED) is 0.466. The molecule has 1 heterocycles. The molecule has 0 aliphatic carbocycles. The highest BCUT2D eigenvalue weighted by molar-refractivity contribution is 5.95. The van der Waals surface area contributed by atoms with E-state index in [1.807, 2.05) is 37.3 Å². The Morgan fingerprint density at radius 3 is 2.73 bits per heavy atom. The van der Waals surface area contributed by atoms with Gasteiger partial charge in [-0.15, -0.1) is 0 Å². The Labute approximate surface area is 129 Å². The second-order valence-corrected chi connectivity index (χ2v) is 5.52. The van der Waals surface area contributed by atoms with E-state index >= 15 is 0 Å². The number of carbonyl (C=O) groups excluding carboxylic acids is 1. The molecule has 0 bridgehead atoms. The SMILES string of the molecule is C=C(C)COC(=O)c1ccc2cc(OCC3CO3)ccc2c1. The van der Waals surface area contributed by atoms with Gasteiger partial charge in [-0.25, -0.2) is 4.79 Å². The number of esters is 1. The number of hydrogen-bond acceptors (Lipinski definition) is 4.